The fourth-order valence-corrected chi connectivity index (χ4v) is 5.03. The van der Waals surface area contributed by atoms with Crippen LogP contribution in [0.2, 0.25) is 0 Å². The molecule has 30 heavy (non-hydrogen) atoms. The van der Waals surface area contributed by atoms with Crippen LogP contribution in [0.4, 0.5) is 5.69 Å². The lowest BCUT2D eigenvalue weighted by atomic mass is 9.86. The maximum absolute atomic E-state index is 13.0. The van der Waals surface area contributed by atoms with Crippen molar-refractivity contribution < 1.29 is 14.6 Å². The van der Waals surface area contributed by atoms with Gasteiger partial charge in [0.2, 0.25) is 5.91 Å². The summed E-state index contributed by atoms with van der Waals surface area (Å²) in [4.78, 5) is 16.9. The van der Waals surface area contributed by atoms with Gasteiger partial charge < -0.3 is 14.7 Å². The SMILES string of the molecule is CCc1ccc(N2CSC3=C(C#N)[C@@H](c4ccc(O)c(OC)c4)CC(=O)N3C2)cc1. The molecule has 1 N–H and O–H groups in total. The third-order valence-electron chi connectivity index (χ3n) is 5.61. The number of aryl methyl sites for hydroxylation is 1. The molecule has 1 amide bonds. The van der Waals surface area contributed by atoms with Crippen LogP contribution >= 0.6 is 11.8 Å². The van der Waals surface area contributed by atoms with Crippen LogP contribution in [0.1, 0.15) is 30.4 Å². The number of allylic oxidation sites excluding steroid dienone is 1. The summed E-state index contributed by atoms with van der Waals surface area (Å²) in [5.41, 5.74) is 3.72. The molecule has 0 aliphatic carbocycles. The second-order valence-electron chi connectivity index (χ2n) is 7.32. The number of rotatable bonds is 4. The molecule has 2 aliphatic rings. The number of carbonyl (C=O) groups excluding carboxylic acids is 1. The molecule has 2 aliphatic heterocycles. The fourth-order valence-electron chi connectivity index (χ4n) is 3.86. The number of phenolic OH excluding ortho intramolecular Hbond substituents is 1. The molecule has 0 bridgehead atoms. The normalized spacial score (nSPS) is 18.8. The Bertz CT molecular complexity index is 1040. The number of anilines is 1. The Balaban J connectivity index is 1.64. The number of ether oxygens (including phenoxy) is 1. The van der Waals surface area contributed by atoms with Crippen molar-refractivity contribution in [1.29, 1.82) is 5.26 Å². The predicted molar refractivity (Wildman–Crippen MR) is 117 cm³/mol. The highest BCUT2D eigenvalue weighted by Crippen LogP contribution is 2.44. The number of carbonyl (C=O) groups is 1. The van der Waals surface area contributed by atoms with Gasteiger partial charge in [-0.2, -0.15) is 5.26 Å². The van der Waals surface area contributed by atoms with E-state index in [-0.39, 0.29) is 24.0 Å². The lowest BCUT2D eigenvalue weighted by Gasteiger charge is -2.42. The number of thioether (sulfide) groups is 1. The van der Waals surface area contributed by atoms with Gasteiger partial charge in [0.15, 0.2) is 11.5 Å². The van der Waals surface area contributed by atoms with E-state index < -0.39 is 0 Å². The zero-order valence-corrected chi connectivity index (χ0v) is 17.8. The summed E-state index contributed by atoms with van der Waals surface area (Å²) >= 11 is 1.52. The molecule has 0 unspecified atom stereocenters. The molecule has 2 aromatic rings. The lowest BCUT2D eigenvalue weighted by molar-refractivity contribution is -0.129. The summed E-state index contributed by atoms with van der Waals surface area (Å²) in [7, 11) is 1.48. The van der Waals surface area contributed by atoms with Gasteiger partial charge in [-0.05, 0) is 41.8 Å². The Kier molecular flexibility index (Phi) is 5.60. The van der Waals surface area contributed by atoms with Crippen molar-refractivity contribution in [2.24, 2.45) is 0 Å². The van der Waals surface area contributed by atoms with Crippen LogP contribution in [-0.2, 0) is 11.2 Å². The number of hydrogen-bond acceptors (Lipinski definition) is 6. The number of nitrogens with zero attached hydrogens (tertiary/aromatic N) is 3. The number of fused-ring (bicyclic) bond motifs is 1. The van der Waals surface area contributed by atoms with Gasteiger partial charge in [0.25, 0.3) is 0 Å². The van der Waals surface area contributed by atoms with Crippen molar-refractivity contribution in [3.8, 4) is 17.6 Å². The lowest BCUT2D eigenvalue weighted by Crippen LogP contribution is -2.47. The van der Waals surface area contributed by atoms with E-state index in [0.717, 1.165) is 22.7 Å². The van der Waals surface area contributed by atoms with Crippen molar-refractivity contribution in [1.82, 2.24) is 4.90 Å². The molecule has 1 atom stereocenters. The van der Waals surface area contributed by atoms with Gasteiger partial charge in [0, 0.05) is 18.0 Å². The van der Waals surface area contributed by atoms with Gasteiger partial charge in [0.05, 0.1) is 36.3 Å². The Morgan fingerprint density at radius 1 is 1.27 bits per heavy atom. The Hall–Kier alpha value is -3.11. The van der Waals surface area contributed by atoms with Crippen molar-refractivity contribution in [3.05, 3.63) is 64.2 Å². The summed E-state index contributed by atoms with van der Waals surface area (Å²) in [6, 6.07) is 15.7. The topological polar surface area (TPSA) is 76.8 Å². The van der Waals surface area contributed by atoms with E-state index in [4.69, 9.17) is 4.74 Å². The Morgan fingerprint density at radius 2 is 2.03 bits per heavy atom. The first kappa shape index (κ1) is 20.2. The van der Waals surface area contributed by atoms with E-state index in [1.807, 2.05) is 0 Å². The smallest absolute Gasteiger partial charge is 0.229 e. The molecular weight excluding hydrogens is 398 g/mol. The van der Waals surface area contributed by atoms with Crippen molar-refractivity contribution in [2.45, 2.75) is 25.7 Å². The average Bonchev–Trinajstić information content (AvgIpc) is 2.79. The summed E-state index contributed by atoms with van der Waals surface area (Å²) in [6.07, 6.45) is 1.20. The first-order valence-corrected chi connectivity index (χ1v) is 10.8. The van der Waals surface area contributed by atoms with Gasteiger partial charge >= 0.3 is 0 Å². The maximum Gasteiger partial charge on any atom is 0.229 e. The molecular formula is C23H23N3O3S. The third-order valence-corrected chi connectivity index (χ3v) is 6.76. The van der Waals surface area contributed by atoms with Crippen molar-refractivity contribution in [2.75, 3.05) is 24.6 Å². The number of methoxy groups -OCH3 is 1. The van der Waals surface area contributed by atoms with E-state index >= 15 is 0 Å². The minimum absolute atomic E-state index is 0.0107. The number of hydrogen-bond donors (Lipinski definition) is 1. The summed E-state index contributed by atoms with van der Waals surface area (Å²) in [5, 5.41) is 20.5. The standard InChI is InChI=1S/C23H23N3O3S/c1-3-15-4-7-17(8-5-15)25-13-26-22(28)11-18(19(12-24)23(26)30-14-25)16-6-9-20(27)21(10-16)29-2/h4-10,18,27H,3,11,13-14H2,1-2H3/t18-/m1/s1. The number of aromatic hydroxyl groups is 1. The first-order valence-electron chi connectivity index (χ1n) is 9.84. The summed E-state index contributed by atoms with van der Waals surface area (Å²) in [5.74, 6) is 0.687. The number of phenols is 1. The van der Waals surface area contributed by atoms with Crippen LogP contribution < -0.4 is 9.64 Å². The third kappa shape index (κ3) is 3.59. The summed E-state index contributed by atoms with van der Waals surface area (Å²) in [6.45, 7) is 2.56. The molecule has 0 aromatic heterocycles. The molecule has 7 heteroatoms. The molecule has 0 saturated carbocycles. The van der Waals surface area contributed by atoms with Crippen molar-refractivity contribution >= 4 is 23.4 Å². The Labute approximate surface area is 180 Å². The number of benzene rings is 2. The molecule has 0 radical (unpaired) electrons. The van der Waals surface area contributed by atoms with Crippen LogP contribution in [0.15, 0.2) is 53.1 Å². The van der Waals surface area contributed by atoms with E-state index in [0.29, 0.717) is 23.9 Å². The second kappa shape index (κ2) is 8.33. The largest absolute Gasteiger partial charge is 0.504 e. The molecule has 6 nitrogen and oxygen atoms in total. The predicted octanol–water partition coefficient (Wildman–Crippen LogP) is 4.18. The molecule has 2 aromatic carbocycles. The zero-order chi connectivity index (χ0) is 21.3. The molecule has 0 spiro atoms. The van der Waals surface area contributed by atoms with Gasteiger partial charge in [-0.15, -0.1) is 0 Å². The number of amides is 1. The first-order chi connectivity index (χ1) is 14.5. The van der Waals surface area contributed by atoms with Crippen LogP contribution in [0.25, 0.3) is 0 Å². The van der Waals surface area contributed by atoms with Gasteiger partial charge in [-0.3, -0.25) is 9.69 Å². The molecule has 2 heterocycles. The maximum atomic E-state index is 13.0. The van der Waals surface area contributed by atoms with Gasteiger partial charge in [-0.1, -0.05) is 36.9 Å². The zero-order valence-electron chi connectivity index (χ0n) is 17.0. The summed E-state index contributed by atoms with van der Waals surface area (Å²) < 4.78 is 5.20. The highest BCUT2D eigenvalue weighted by Gasteiger charge is 2.38. The number of nitriles is 1. The van der Waals surface area contributed by atoms with E-state index in [1.54, 1.807) is 23.1 Å². The van der Waals surface area contributed by atoms with Crippen LogP contribution in [0, 0.1) is 11.3 Å². The van der Waals surface area contributed by atoms with E-state index in [2.05, 4.69) is 42.2 Å². The molecule has 1 saturated heterocycles. The van der Waals surface area contributed by atoms with Crippen LogP contribution in [0.5, 0.6) is 11.5 Å². The highest BCUT2D eigenvalue weighted by molar-refractivity contribution is 8.03. The van der Waals surface area contributed by atoms with Crippen LogP contribution in [0.3, 0.4) is 0 Å². The second-order valence-corrected chi connectivity index (χ2v) is 8.25. The highest BCUT2D eigenvalue weighted by atomic mass is 32.2. The monoisotopic (exact) mass is 421 g/mol. The molecule has 1 fully saturated rings. The van der Waals surface area contributed by atoms with E-state index in [9.17, 15) is 15.2 Å². The average molecular weight is 422 g/mol. The van der Waals surface area contributed by atoms with Crippen LogP contribution in [-0.4, -0.2) is 35.6 Å². The van der Waals surface area contributed by atoms with E-state index in [1.165, 1.54) is 24.4 Å². The van der Waals surface area contributed by atoms with Crippen molar-refractivity contribution in [3.63, 3.8) is 0 Å². The van der Waals surface area contributed by atoms with Gasteiger partial charge in [-0.25, -0.2) is 0 Å². The molecule has 4 rings (SSSR count). The Morgan fingerprint density at radius 3 is 2.70 bits per heavy atom. The van der Waals surface area contributed by atoms with Gasteiger partial charge in [0.1, 0.15) is 0 Å². The minimum Gasteiger partial charge on any atom is -0.504 e. The minimum atomic E-state index is -0.342. The molecule has 154 valence electrons. The fraction of sp³-hybridized carbons (Fsp3) is 0.304. The quantitative estimate of drug-likeness (QED) is 0.798.